The largest absolute Gasteiger partial charge is 0.497 e. The molecule has 0 aromatic heterocycles. The minimum absolute atomic E-state index is 0.240. The number of amides is 3. The molecule has 1 aliphatic heterocycles. The second kappa shape index (κ2) is 7.65. The first-order chi connectivity index (χ1) is 10.6. The normalized spacial score (nSPS) is 15.3. The van der Waals surface area contributed by atoms with Gasteiger partial charge in [0.1, 0.15) is 5.75 Å². The molecular weight excluding hydrogens is 284 g/mol. The SMILES string of the molecule is CNC(=O)NC(=O)CN1CCN(c2ccc(OC)cc2)CC1. The monoisotopic (exact) mass is 306 g/mol. The number of nitrogens with one attached hydrogen (secondary N) is 2. The van der Waals surface area contributed by atoms with E-state index in [4.69, 9.17) is 4.74 Å². The number of piperazine rings is 1. The van der Waals surface area contributed by atoms with Crippen LogP contribution in [0.4, 0.5) is 10.5 Å². The molecular formula is C15H22N4O3. The molecule has 22 heavy (non-hydrogen) atoms. The van der Waals surface area contributed by atoms with Crippen LogP contribution in [-0.2, 0) is 4.79 Å². The van der Waals surface area contributed by atoms with E-state index in [1.807, 2.05) is 29.2 Å². The number of imide groups is 1. The van der Waals surface area contributed by atoms with Crippen molar-refractivity contribution in [3.05, 3.63) is 24.3 Å². The van der Waals surface area contributed by atoms with Gasteiger partial charge in [0.2, 0.25) is 5.91 Å². The molecule has 3 amide bonds. The van der Waals surface area contributed by atoms with Crippen LogP contribution in [-0.4, -0.2) is 63.7 Å². The molecule has 120 valence electrons. The quantitative estimate of drug-likeness (QED) is 0.835. The Morgan fingerprint density at radius 1 is 1.14 bits per heavy atom. The van der Waals surface area contributed by atoms with Crippen molar-refractivity contribution in [2.24, 2.45) is 0 Å². The molecule has 0 aliphatic carbocycles. The summed E-state index contributed by atoms with van der Waals surface area (Å²) >= 11 is 0. The van der Waals surface area contributed by atoms with E-state index in [0.717, 1.165) is 37.6 Å². The predicted octanol–water partition coefficient (Wildman–Crippen LogP) is 0.273. The van der Waals surface area contributed by atoms with Gasteiger partial charge in [-0.1, -0.05) is 0 Å². The third-order valence-electron chi connectivity index (χ3n) is 3.66. The van der Waals surface area contributed by atoms with Crippen molar-refractivity contribution in [2.75, 3.05) is 51.8 Å². The Morgan fingerprint density at radius 2 is 1.77 bits per heavy atom. The first kappa shape index (κ1) is 16.1. The Morgan fingerprint density at radius 3 is 2.32 bits per heavy atom. The molecule has 1 aromatic carbocycles. The van der Waals surface area contributed by atoms with Crippen LogP contribution in [0.25, 0.3) is 0 Å². The van der Waals surface area contributed by atoms with Crippen molar-refractivity contribution in [3.63, 3.8) is 0 Å². The fourth-order valence-corrected chi connectivity index (χ4v) is 2.39. The number of carbonyl (C=O) groups is 2. The lowest BCUT2D eigenvalue weighted by atomic mass is 10.2. The van der Waals surface area contributed by atoms with Gasteiger partial charge in [0, 0.05) is 38.9 Å². The molecule has 2 rings (SSSR count). The molecule has 0 atom stereocenters. The Bertz CT molecular complexity index is 510. The third-order valence-corrected chi connectivity index (χ3v) is 3.66. The number of benzene rings is 1. The van der Waals surface area contributed by atoms with E-state index in [9.17, 15) is 9.59 Å². The van der Waals surface area contributed by atoms with Gasteiger partial charge in [-0.15, -0.1) is 0 Å². The number of urea groups is 1. The molecule has 2 N–H and O–H groups in total. The van der Waals surface area contributed by atoms with Crippen LogP contribution >= 0.6 is 0 Å². The first-order valence-corrected chi connectivity index (χ1v) is 7.25. The number of carbonyl (C=O) groups excluding carboxylic acids is 2. The Kier molecular flexibility index (Phi) is 5.60. The van der Waals surface area contributed by atoms with Gasteiger partial charge in [0.05, 0.1) is 13.7 Å². The standard InChI is InChI=1S/C15H22N4O3/c1-16-15(21)17-14(20)11-18-7-9-19(10-8-18)12-3-5-13(22-2)6-4-12/h3-6H,7-11H2,1-2H3,(H2,16,17,20,21). The lowest BCUT2D eigenvalue weighted by molar-refractivity contribution is -0.121. The molecule has 1 heterocycles. The summed E-state index contributed by atoms with van der Waals surface area (Å²) in [5, 5.41) is 4.64. The van der Waals surface area contributed by atoms with Crippen LogP contribution in [0, 0.1) is 0 Å². The average molecular weight is 306 g/mol. The highest BCUT2D eigenvalue weighted by atomic mass is 16.5. The molecule has 1 aromatic rings. The minimum atomic E-state index is -0.470. The summed E-state index contributed by atoms with van der Waals surface area (Å²) in [6, 6.07) is 7.48. The summed E-state index contributed by atoms with van der Waals surface area (Å²) in [4.78, 5) is 27.0. The van der Waals surface area contributed by atoms with Crippen LogP contribution in [0.3, 0.4) is 0 Å². The van der Waals surface area contributed by atoms with Crippen LogP contribution in [0.5, 0.6) is 5.75 Å². The molecule has 7 heteroatoms. The van der Waals surface area contributed by atoms with Crippen LogP contribution < -0.4 is 20.3 Å². The van der Waals surface area contributed by atoms with E-state index in [1.165, 1.54) is 7.05 Å². The lowest BCUT2D eigenvalue weighted by Crippen LogP contribution is -2.50. The van der Waals surface area contributed by atoms with E-state index >= 15 is 0 Å². The van der Waals surface area contributed by atoms with Crippen molar-refractivity contribution >= 4 is 17.6 Å². The predicted molar refractivity (Wildman–Crippen MR) is 84.2 cm³/mol. The van der Waals surface area contributed by atoms with Crippen LogP contribution in [0.2, 0.25) is 0 Å². The maximum Gasteiger partial charge on any atom is 0.321 e. The smallest absolute Gasteiger partial charge is 0.321 e. The summed E-state index contributed by atoms with van der Waals surface area (Å²) < 4.78 is 5.15. The number of rotatable bonds is 4. The molecule has 0 radical (unpaired) electrons. The first-order valence-electron chi connectivity index (χ1n) is 7.25. The fraction of sp³-hybridized carbons (Fsp3) is 0.467. The number of methoxy groups -OCH3 is 1. The summed E-state index contributed by atoms with van der Waals surface area (Å²) in [7, 11) is 3.13. The van der Waals surface area contributed by atoms with Gasteiger partial charge in [-0.2, -0.15) is 0 Å². The number of ether oxygens (including phenoxy) is 1. The third kappa shape index (κ3) is 4.36. The number of anilines is 1. The van der Waals surface area contributed by atoms with Gasteiger partial charge in [0.25, 0.3) is 0 Å². The van der Waals surface area contributed by atoms with Crippen molar-refractivity contribution < 1.29 is 14.3 Å². The molecule has 0 bridgehead atoms. The van der Waals surface area contributed by atoms with Gasteiger partial charge in [-0.05, 0) is 24.3 Å². The highest BCUT2D eigenvalue weighted by Gasteiger charge is 2.19. The molecule has 1 aliphatic rings. The number of hydrogen-bond donors (Lipinski definition) is 2. The summed E-state index contributed by atoms with van der Waals surface area (Å²) in [6.45, 7) is 3.50. The Balaban J connectivity index is 1.79. The van der Waals surface area contributed by atoms with E-state index in [2.05, 4.69) is 15.5 Å². The Hall–Kier alpha value is -2.28. The second-order valence-corrected chi connectivity index (χ2v) is 5.09. The van der Waals surface area contributed by atoms with E-state index in [1.54, 1.807) is 7.11 Å². The fourth-order valence-electron chi connectivity index (χ4n) is 2.39. The molecule has 1 fully saturated rings. The molecule has 1 saturated heterocycles. The van der Waals surface area contributed by atoms with Gasteiger partial charge < -0.3 is 15.0 Å². The zero-order chi connectivity index (χ0) is 15.9. The van der Waals surface area contributed by atoms with Gasteiger partial charge in [-0.25, -0.2) is 4.79 Å². The second-order valence-electron chi connectivity index (χ2n) is 5.09. The minimum Gasteiger partial charge on any atom is -0.497 e. The molecule has 0 unspecified atom stereocenters. The molecule has 0 saturated carbocycles. The van der Waals surface area contributed by atoms with E-state index in [-0.39, 0.29) is 12.5 Å². The van der Waals surface area contributed by atoms with Crippen molar-refractivity contribution in [2.45, 2.75) is 0 Å². The van der Waals surface area contributed by atoms with Crippen LogP contribution in [0.15, 0.2) is 24.3 Å². The van der Waals surface area contributed by atoms with Gasteiger partial charge in [-0.3, -0.25) is 15.0 Å². The highest BCUT2D eigenvalue weighted by molar-refractivity contribution is 5.95. The highest BCUT2D eigenvalue weighted by Crippen LogP contribution is 2.20. The lowest BCUT2D eigenvalue weighted by Gasteiger charge is -2.35. The van der Waals surface area contributed by atoms with Gasteiger partial charge >= 0.3 is 6.03 Å². The summed E-state index contributed by atoms with van der Waals surface area (Å²) in [5.41, 5.74) is 1.15. The number of nitrogens with zero attached hydrogens (tertiary/aromatic N) is 2. The van der Waals surface area contributed by atoms with E-state index < -0.39 is 6.03 Å². The summed E-state index contributed by atoms with van der Waals surface area (Å²) in [6.07, 6.45) is 0. The van der Waals surface area contributed by atoms with Gasteiger partial charge in [0.15, 0.2) is 0 Å². The Labute approximate surface area is 130 Å². The maximum absolute atomic E-state index is 11.7. The number of hydrogen-bond acceptors (Lipinski definition) is 5. The van der Waals surface area contributed by atoms with Crippen LogP contribution in [0.1, 0.15) is 0 Å². The van der Waals surface area contributed by atoms with Crippen molar-refractivity contribution in [1.82, 2.24) is 15.5 Å². The van der Waals surface area contributed by atoms with Crippen molar-refractivity contribution in [3.8, 4) is 5.75 Å². The average Bonchev–Trinajstić information content (AvgIpc) is 2.55. The zero-order valence-corrected chi connectivity index (χ0v) is 13.0. The topological polar surface area (TPSA) is 73.9 Å². The molecule has 7 nitrogen and oxygen atoms in total. The maximum atomic E-state index is 11.7. The van der Waals surface area contributed by atoms with Crippen molar-refractivity contribution in [1.29, 1.82) is 0 Å². The summed E-state index contributed by atoms with van der Waals surface area (Å²) in [5.74, 6) is 0.561. The molecule has 0 spiro atoms. The zero-order valence-electron chi connectivity index (χ0n) is 13.0. The van der Waals surface area contributed by atoms with E-state index in [0.29, 0.717) is 0 Å².